The smallest absolute Gasteiger partial charge is 0.411 e. The second kappa shape index (κ2) is 11.7. The number of anilines is 1. The fraction of sp³-hybridized carbons (Fsp3) is 0.360. The van der Waals surface area contributed by atoms with Gasteiger partial charge in [0.25, 0.3) is 0 Å². The van der Waals surface area contributed by atoms with E-state index in [0.717, 1.165) is 36.5 Å². The molecule has 9 heteroatoms. The maximum absolute atomic E-state index is 12.4. The van der Waals surface area contributed by atoms with Crippen molar-refractivity contribution in [2.45, 2.75) is 25.8 Å². The van der Waals surface area contributed by atoms with Crippen LogP contribution in [0.25, 0.3) is 0 Å². The van der Waals surface area contributed by atoms with Crippen LogP contribution in [0.4, 0.5) is 15.3 Å². The van der Waals surface area contributed by atoms with Gasteiger partial charge in [-0.3, -0.25) is 15.0 Å². The molecule has 8 nitrogen and oxygen atoms in total. The number of ether oxygens (including phenoxy) is 1. The van der Waals surface area contributed by atoms with Gasteiger partial charge in [0.1, 0.15) is 6.61 Å². The van der Waals surface area contributed by atoms with Crippen molar-refractivity contribution in [3.05, 3.63) is 65.2 Å². The number of hydrazone groups is 1. The second-order valence-electron chi connectivity index (χ2n) is 8.21. The molecule has 34 heavy (non-hydrogen) atoms. The molecular formula is C25H27N5O3S. The number of benzene rings is 2. The van der Waals surface area contributed by atoms with Crippen LogP contribution in [0.15, 0.2) is 53.6 Å². The summed E-state index contributed by atoms with van der Waals surface area (Å²) in [6.45, 7) is 3.52. The number of amides is 2. The van der Waals surface area contributed by atoms with Gasteiger partial charge >= 0.3 is 11.3 Å². The Labute approximate surface area is 203 Å². The van der Waals surface area contributed by atoms with E-state index < -0.39 is 6.09 Å². The molecule has 1 fully saturated rings. The highest BCUT2D eigenvalue weighted by Crippen LogP contribution is 2.23. The molecule has 0 atom stereocenters. The van der Waals surface area contributed by atoms with E-state index in [1.807, 2.05) is 30.3 Å². The first-order valence-electron chi connectivity index (χ1n) is 11.4. The van der Waals surface area contributed by atoms with Crippen molar-refractivity contribution in [3.63, 3.8) is 0 Å². The molecule has 0 spiro atoms. The minimum absolute atomic E-state index is 0.132. The average molecular weight is 478 g/mol. The number of nitrogens with zero attached hydrogens (tertiary/aromatic N) is 4. The largest absolute Gasteiger partial charge is 0.448 e. The van der Waals surface area contributed by atoms with Crippen molar-refractivity contribution in [2.75, 3.05) is 37.3 Å². The Hall–Kier alpha value is -3.35. The first-order chi connectivity index (χ1) is 16.6. The fourth-order valence-corrected chi connectivity index (χ4v) is 4.66. The number of thioether (sulfide) groups is 1. The maximum atomic E-state index is 12.4. The highest BCUT2D eigenvalue weighted by molar-refractivity contribution is 8.14. The third kappa shape index (κ3) is 6.59. The molecule has 1 saturated heterocycles. The van der Waals surface area contributed by atoms with Gasteiger partial charge in [0, 0.05) is 18.0 Å². The quantitative estimate of drug-likeness (QED) is 0.623. The van der Waals surface area contributed by atoms with Gasteiger partial charge in [0.15, 0.2) is 0 Å². The number of nitriles is 1. The van der Waals surface area contributed by atoms with Crippen LogP contribution in [0.5, 0.6) is 0 Å². The predicted octanol–water partition coefficient (Wildman–Crippen LogP) is 4.67. The van der Waals surface area contributed by atoms with Crippen molar-refractivity contribution in [3.8, 4) is 6.07 Å². The zero-order valence-electron chi connectivity index (χ0n) is 18.9. The molecule has 2 aromatic rings. The molecule has 2 aromatic carbocycles. The zero-order valence-corrected chi connectivity index (χ0v) is 19.7. The normalized spacial score (nSPS) is 16.5. The van der Waals surface area contributed by atoms with Crippen LogP contribution in [-0.2, 0) is 11.3 Å². The third-order valence-corrected chi connectivity index (χ3v) is 6.60. The van der Waals surface area contributed by atoms with Gasteiger partial charge in [-0.1, -0.05) is 42.4 Å². The van der Waals surface area contributed by atoms with Crippen molar-refractivity contribution in [2.24, 2.45) is 5.10 Å². The van der Waals surface area contributed by atoms with Gasteiger partial charge in [-0.05, 0) is 61.3 Å². The minimum Gasteiger partial charge on any atom is -0.448 e. The first kappa shape index (κ1) is 23.8. The van der Waals surface area contributed by atoms with Gasteiger partial charge < -0.3 is 4.74 Å². The van der Waals surface area contributed by atoms with Gasteiger partial charge in [0.2, 0.25) is 0 Å². The molecule has 0 radical (unpaired) electrons. The minimum atomic E-state index is -0.486. The Morgan fingerprint density at radius 2 is 1.94 bits per heavy atom. The lowest BCUT2D eigenvalue weighted by Crippen LogP contribution is -2.33. The van der Waals surface area contributed by atoms with E-state index in [1.165, 1.54) is 36.0 Å². The summed E-state index contributed by atoms with van der Waals surface area (Å²) >= 11 is 1.19. The second-order valence-corrected chi connectivity index (χ2v) is 9.14. The summed E-state index contributed by atoms with van der Waals surface area (Å²) in [7, 11) is 0. The number of piperidine rings is 1. The lowest BCUT2D eigenvalue weighted by Gasteiger charge is -2.25. The number of nitrogens with one attached hydrogen (secondary N) is 1. The van der Waals surface area contributed by atoms with E-state index in [-0.39, 0.29) is 11.8 Å². The van der Waals surface area contributed by atoms with E-state index in [0.29, 0.717) is 23.6 Å². The van der Waals surface area contributed by atoms with Crippen LogP contribution in [-0.4, -0.2) is 58.9 Å². The summed E-state index contributed by atoms with van der Waals surface area (Å²) in [5, 5.41) is 17.6. The summed E-state index contributed by atoms with van der Waals surface area (Å²) < 4.78 is 5.33. The predicted molar refractivity (Wildman–Crippen MR) is 133 cm³/mol. The van der Waals surface area contributed by atoms with Crippen LogP contribution >= 0.6 is 11.8 Å². The molecule has 0 aliphatic carbocycles. The summed E-state index contributed by atoms with van der Waals surface area (Å²) in [4.78, 5) is 26.9. The molecule has 1 N–H and O–H groups in total. The Kier molecular flexibility index (Phi) is 8.17. The summed E-state index contributed by atoms with van der Waals surface area (Å²) in [5.41, 5.74) is 3.68. The third-order valence-electron chi connectivity index (χ3n) is 5.73. The number of carbonyl (C=O) groups is 2. The first-order valence-corrected chi connectivity index (χ1v) is 12.4. The molecule has 0 unspecified atom stereocenters. The standard InChI is InChI=1S/C25H27N5O3S/c26-16-19-7-9-21(10-8-19)23-18-34-25(32)30(28-23)17-20-5-4-6-22(15-20)27-24(31)33-14-13-29-11-2-1-3-12-29/h4-10,15H,1-3,11-14,17-18H2,(H,27,31). The Bertz CT molecular complexity index is 1090. The summed E-state index contributed by atoms with van der Waals surface area (Å²) in [5.74, 6) is 0.478. The lowest BCUT2D eigenvalue weighted by molar-refractivity contribution is 0.131. The number of carbonyl (C=O) groups excluding carboxylic acids is 2. The van der Waals surface area contributed by atoms with Gasteiger partial charge in [-0.25, -0.2) is 9.80 Å². The van der Waals surface area contributed by atoms with E-state index >= 15 is 0 Å². The summed E-state index contributed by atoms with van der Waals surface area (Å²) in [6.07, 6.45) is 3.20. The van der Waals surface area contributed by atoms with Crippen LogP contribution in [0, 0.1) is 11.3 Å². The van der Waals surface area contributed by atoms with Gasteiger partial charge in [-0.2, -0.15) is 10.4 Å². The van der Waals surface area contributed by atoms with Gasteiger partial charge in [-0.15, -0.1) is 0 Å². The number of rotatable bonds is 7. The molecule has 2 amide bonds. The molecular weight excluding hydrogens is 450 g/mol. The number of hydrogen-bond acceptors (Lipinski definition) is 7. The number of likely N-dealkylation sites (tertiary alicyclic amines) is 1. The van der Waals surface area contributed by atoms with E-state index in [9.17, 15) is 9.59 Å². The van der Waals surface area contributed by atoms with Crippen molar-refractivity contribution >= 4 is 34.5 Å². The average Bonchev–Trinajstić information content (AvgIpc) is 2.86. The van der Waals surface area contributed by atoms with Crippen molar-refractivity contribution in [1.82, 2.24) is 9.91 Å². The van der Waals surface area contributed by atoms with E-state index in [1.54, 1.807) is 18.2 Å². The molecule has 2 heterocycles. The van der Waals surface area contributed by atoms with Gasteiger partial charge in [0.05, 0.1) is 23.9 Å². The SMILES string of the molecule is N#Cc1ccc(C2=NN(Cc3cccc(NC(=O)OCCN4CCCCC4)c3)C(=O)SC2)cc1. The molecule has 4 rings (SSSR count). The van der Waals surface area contributed by atoms with E-state index in [4.69, 9.17) is 10.00 Å². The molecule has 2 aliphatic heterocycles. The van der Waals surface area contributed by atoms with Crippen LogP contribution in [0.1, 0.15) is 36.0 Å². The van der Waals surface area contributed by atoms with Crippen molar-refractivity contribution < 1.29 is 14.3 Å². The van der Waals surface area contributed by atoms with Crippen LogP contribution in [0.3, 0.4) is 0 Å². The van der Waals surface area contributed by atoms with Crippen LogP contribution < -0.4 is 5.32 Å². The zero-order chi connectivity index (χ0) is 23.8. The maximum Gasteiger partial charge on any atom is 0.411 e. The Morgan fingerprint density at radius 3 is 2.71 bits per heavy atom. The fourth-order valence-electron chi connectivity index (χ4n) is 3.92. The molecule has 0 saturated carbocycles. The van der Waals surface area contributed by atoms with E-state index in [2.05, 4.69) is 21.4 Å². The topological polar surface area (TPSA) is 98.0 Å². The van der Waals surface area contributed by atoms with Crippen LogP contribution in [0.2, 0.25) is 0 Å². The number of hydrogen-bond donors (Lipinski definition) is 1. The highest BCUT2D eigenvalue weighted by atomic mass is 32.2. The monoisotopic (exact) mass is 477 g/mol. The Morgan fingerprint density at radius 1 is 1.15 bits per heavy atom. The molecule has 0 bridgehead atoms. The van der Waals surface area contributed by atoms with Crippen molar-refractivity contribution in [1.29, 1.82) is 5.26 Å². The molecule has 0 aromatic heterocycles. The Balaban J connectivity index is 1.33. The lowest BCUT2D eigenvalue weighted by atomic mass is 10.1. The summed E-state index contributed by atoms with van der Waals surface area (Å²) in [6, 6.07) is 16.6. The highest BCUT2D eigenvalue weighted by Gasteiger charge is 2.22. The molecule has 176 valence electrons. The molecule has 2 aliphatic rings.